The summed E-state index contributed by atoms with van der Waals surface area (Å²) < 4.78 is 12.4. The van der Waals surface area contributed by atoms with Crippen LogP contribution in [0.1, 0.15) is 18.1 Å². The van der Waals surface area contributed by atoms with Crippen molar-refractivity contribution in [3.8, 4) is 17.6 Å². The smallest absolute Gasteiger partial charge is 0.266 e. The van der Waals surface area contributed by atoms with Crippen molar-refractivity contribution in [3.05, 3.63) is 106 Å². The molecule has 0 saturated heterocycles. The third kappa shape index (κ3) is 6.08. The fourth-order valence-electron chi connectivity index (χ4n) is 3.67. The molecule has 4 aromatic carbocycles. The molecule has 0 saturated carbocycles. The molecule has 0 aromatic heterocycles. The second-order valence-corrected chi connectivity index (χ2v) is 8.61. The second kappa shape index (κ2) is 11.4. The van der Waals surface area contributed by atoms with E-state index in [0.29, 0.717) is 36.0 Å². The molecule has 0 unspecified atom stereocenters. The van der Waals surface area contributed by atoms with Crippen LogP contribution in [-0.2, 0) is 11.4 Å². The maximum atomic E-state index is 12.8. The Kier molecular flexibility index (Phi) is 7.81. The quantitative estimate of drug-likeness (QED) is 0.196. The normalized spacial score (nSPS) is 11.1. The highest BCUT2D eigenvalue weighted by molar-refractivity contribution is 9.10. The first-order valence-corrected chi connectivity index (χ1v) is 11.9. The summed E-state index contributed by atoms with van der Waals surface area (Å²) in [6.07, 6.45) is 1.53. The molecule has 0 aliphatic heterocycles. The van der Waals surface area contributed by atoms with E-state index in [1.54, 1.807) is 24.3 Å². The minimum absolute atomic E-state index is 0.0417. The van der Waals surface area contributed by atoms with E-state index in [1.807, 2.05) is 55.5 Å². The number of anilines is 1. The van der Waals surface area contributed by atoms with Gasteiger partial charge in [-0.05, 0) is 59.7 Å². The third-order valence-electron chi connectivity index (χ3n) is 5.30. The number of carbonyl (C=O) groups is 1. The van der Waals surface area contributed by atoms with Crippen LogP contribution >= 0.6 is 15.9 Å². The van der Waals surface area contributed by atoms with Gasteiger partial charge in [0.15, 0.2) is 0 Å². The fourth-order valence-corrected chi connectivity index (χ4v) is 4.05. The number of fused-ring (bicyclic) bond motifs is 1. The lowest BCUT2D eigenvalue weighted by Gasteiger charge is -2.12. The van der Waals surface area contributed by atoms with Gasteiger partial charge in [0.2, 0.25) is 0 Å². The highest BCUT2D eigenvalue weighted by atomic mass is 79.9. The number of carbonyl (C=O) groups excluding carboxylic acids is 1. The number of rotatable bonds is 8. The van der Waals surface area contributed by atoms with Gasteiger partial charge in [-0.3, -0.25) is 4.79 Å². The maximum Gasteiger partial charge on any atom is 0.266 e. The van der Waals surface area contributed by atoms with E-state index in [4.69, 9.17) is 9.47 Å². The van der Waals surface area contributed by atoms with Crippen molar-refractivity contribution in [2.45, 2.75) is 13.5 Å². The van der Waals surface area contributed by atoms with Gasteiger partial charge in [-0.2, -0.15) is 5.26 Å². The second-order valence-electron chi connectivity index (χ2n) is 7.69. The van der Waals surface area contributed by atoms with Gasteiger partial charge in [0.25, 0.3) is 5.91 Å². The van der Waals surface area contributed by atoms with Gasteiger partial charge in [0, 0.05) is 21.8 Å². The van der Waals surface area contributed by atoms with Gasteiger partial charge in [-0.15, -0.1) is 0 Å². The van der Waals surface area contributed by atoms with Crippen molar-refractivity contribution in [1.82, 2.24) is 0 Å². The van der Waals surface area contributed by atoms with Crippen LogP contribution in [0, 0.1) is 11.3 Å². The number of benzene rings is 4. The van der Waals surface area contributed by atoms with Crippen LogP contribution in [0.4, 0.5) is 5.69 Å². The summed E-state index contributed by atoms with van der Waals surface area (Å²) >= 11 is 3.47. The lowest BCUT2D eigenvalue weighted by atomic mass is 10.1. The van der Waals surface area contributed by atoms with Gasteiger partial charge in [-0.25, -0.2) is 0 Å². The summed E-state index contributed by atoms with van der Waals surface area (Å²) in [5.74, 6) is 0.699. The zero-order valence-electron chi connectivity index (χ0n) is 19.1. The Morgan fingerprint density at radius 2 is 1.80 bits per heavy atom. The summed E-state index contributed by atoms with van der Waals surface area (Å²) in [7, 11) is 0. The first kappa shape index (κ1) is 24.1. The molecule has 4 aromatic rings. The zero-order chi connectivity index (χ0) is 24.6. The molecule has 1 amide bonds. The molecule has 0 aliphatic rings. The predicted molar refractivity (Wildman–Crippen MR) is 142 cm³/mol. The van der Waals surface area contributed by atoms with Gasteiger partial charge >= 0.3 is 0 Å². The van der Waals surface area contributed by atoms with Crippen molar-refractivity contribution in [2.24, 2.45) is 0 Å². The Labute approximate surface area is 212 Å². The number of nitrogens with zero attached hydrogens (tertiary/aromatic N) is 1. The number of halogens is 1. The number of amides is 1. The molecular weight excluding hydrogens is 504 g/mol. The van der Waals surface area contributed by atoms with Gasteiger partial charge in [0.05, 0.1) is 6.61 Å². The molecule has 0 fully saturated rings. The standard InChI is InChI=1S/C29H23BrN2O3/c1-2-34-26-11-6-10-25(17-26)32-29(33)23(18-31)15-22-16-24(30)13-14-28(22)35-19-21-9-5-8-20-7-3-4-12-27(20)21/h3-17H,2,19H2,1H3,(H,32,33)/b23-15+. The van der Waals surface area contributed by atoms with Crippen LogP contribution in [0.3, 0.4) is 0 Å². The lowest BCUT2D eigenvalue weighted by Crippen LogP contribution is -2.13. The molecule has 1 N–H and O–H groups in total. The zero-order valence-corrected chi connectivity index (χ0v) is 20.7. The van der Waals surface area contributed by atoms with Crippen molar-refractivity contribution in [2.75, 3.05) is 11.9 Å². The molecule has 0 atom stereocenters. The van der Waals surface area contributed by atoms with Gasteiger partial charge in [-0.1, -0.05) is 64.5 Å². The molecule has 0 bridgehead atoms. The number of hydrogen-bond acceptors (Lipinski definition) is 4. The highest BCUT2D eigenvalue weighted by Gasteiger charge is 2.13. The van der Waals surface area contributed by atoms with Crippen molar-refractivity contribution >= 4 is 44.4 Å². The van der Waals surface area contributed by atoms with Crippen LogP contribution in [-0.4, -0.2) is 12.5 Å². The molecule has 0 radical (unpaired) electrons. The minimum Gasteiger partial charge on any atom is -0.494 e. The van der Waals surface area contributed by atoms with E-state index >= 15 is 0 Å². The maximum absolute atomic E-state index is 12.8. The average molecular weight is 527 g/mol. The third-order valence-corrected chi connectivity index (χ3v) is 5.80. The molecule has 35 heavy (non-hydrogen) atoms. The van der Waals surface area contributed by atoms with Crippen LogP contribution in [0.25, 0.3) is 16.8 Å². The van der Waals surface area contributed by atoms with Gasteiger partial charge < -0.3 is 14.8 Å². The van der Waals surface area contributed by atoms with Crippen molar-refractivity contribution in [3.63, 3.8) is 0 Å². The summed E-state index contributed by atoms with van der Waals surface area (Å²) in [4.78, 5) is 12.8. The SMILES string of the molecule is CCOc1cccc(NC(=O)/C(C#N)=C/c2cc(Br)ccc2OCc2cccc3ccccc23)c1. The minimum atomic E-state index is -0.513. The van der Waals surface area contributed by atoms with Crippen LogP contribution in [0.5, 0.6) is 11.5 Å². The van der Waals surface area contributed by atoms with Crippen LogP contribution in [0.15, 0.2) is 95.0 Å². The Morgan fingerprint density at radius 1 is 1.00 bits per heavy atom. The fraction of sp³-hybridized carbons (Fsp3) is 0.103. The molecule has 5 nitrogen and oxygen atoms in total. The molecular formula is C29H23BrN2O3. The Morgan fingerprint density at radius 3 is 2.63 bits per heavy atom. The summed E-state index contributed by atoms with van der Waals surface area (Å²) in [6, 6.07) is 28.8. The molecule has 6 heteroatoms. The largest absolute Gasteiger partial charge is 0.494 e. The van der Waals surface area contributed by atoms with E-state index < -0.39 is 5.91 Å². The lowest BCUT2D eigenvalue weighted by molar-refractivity contribution is -0.112. The van der Waals surface area contributed by atoms with E-state index in [9.17, 15) is 10.1 Å². The molecule has 0 heterocycles. The Hall–Kier alpha value is -4.08. The number of ether oxygens (including phenoxy) is 2. The van der Waals surface area contributed by atoms with E-state index in [0.717, 1.165) is 20.8 Å². The molecule has 0 spiro atoms. The van der Waals surface area contributed by atoms with Crippen molar-refractivity contribution < 1.29 is 14.3 Å². The summed E-state index contributed by atoms with van der Waals surface area (Å²) in [5.41, 5.74) is 2.17. The molecule has 4 rings (SSSR count). The number of nitriles is 1. The van der Waals surface area contributed by atoms with E-state index in [2.05, 4.69) is 39.4 Å². The Bertz CT molecular complexity index is 1430. The first-order chi connectivity index (χ1) is 17.1. The number of hydrogen-bond donors (Lipinski definition) is 1. The molecule has 174 valence electrons. The number of nitrogens with one attached hydrogen (secondary N) is 1. The van der Waals surface area contributed by atoms with E-state index in [-0.39, 0.29) is 5.57 Å². The Balaban J connectivity index is 1.57. The van der Waals surface area contributed by atoms with Crippen molar-refractivity contribution in [1.29, 1.82) is 5.26 Å². The predicted octanol–water partition coefficient (Wildman–Crippen LogP) is 7.13. The van der Waals surface area contributed by atoms with Crippen LogP contribution < -0.4 is 14.8 Å². The van der Waals surface area contributed by atoms with E-state index in [1.165, 1.54) is 6.08 Å². The monoisotopic (exact) mass is 526 g/mol. The van der Waals surface area contributed by atoms with Gasteiger partial charge in [0.1, 0.15) is 29.7 Å². The average Bonchev–Trinajstić information content (AvgIpc) is 2.87. The summed E-state index contributed by atoms with van der Waals surface area (Å²) in [6.45, 7) is 2.76. The first-order valence-electron chi connectivity index (χ1n) is 11.1. The molecule has 0 aliphatic carbocycles. The topological polar surface area (TPSA) is 71.3 Å². The van der Waals surface area contributed by atoms with Crippen LogP contribution in [0.2, 0.25) is 0 Å². The highest BCUT2D eigenvalue weighted by Crippen LogP contribution is 2.28. The summed E-state index contributed by atoms with van der Waals surface area (Å²) in [5, 5.41) is 14.7.